The number of piperidine rings is 1. The van der Waals surface area contributed by atoms with E-state index in [1.165, 1.54) is 11.3 Å². The van der Waals surface area contributed by atoms with Gasteiger partial charge in [0.1, 0.15) is 10.8 Å². The minimum atomic E-state index is -0.356. The largest absolute Gasteiger partial charge is 0.497 e. The van der Waals surface area contributed by atoms with E-state index in [-0.39, 0.29) is 12.2 Å². The number of hydrogen-bond acceptors (Lipinski definition) is 6. The predicted octanol–water partition coefficient (Wildman–Crippen LogP) is 4.99. The smallest absolute Gasteiger partial charge is 0.359 e. The number of hydrogen-bond donors (Lipinski definition) is 0. The summed E-state index contributed by atoms with van der Waals surface area (Å²) in [5.74, 6) is 0.481. The SMILES string of the molecule is COc1cccc(CN2CCCCC2OC(=O)c2csc(-c3ccccc3)n2)c1. The maximum atomic E-state index is 12.7. The molecular formula is C23H24N2O3S. The molecule has 4 rings (SSSR count). The molecule has 5 nitrogen and oxygen atoms in total. The number of carbonyl (C=O) groups is 1. The molecule has 1 aromatic heterocycles. The summed E-state index contributed by atoms with van der Waals surface area (Å²) in [4.78, 5) is 19.4. The molecule has 1 aliphatic rings. The first kappa shape index (κ1) is 19.6. The molecule has 6 heteroatoms. The first-order valence-corrected chi connectivity index (χ1v) is 10.7. The Labute approximate surface area is 174 Å². The maximum Gasteiger partial charge on any atom is 0.359 e. The van der Waals surface area contributed by atoms with Gasteiger partial charge in [-0.05, 0) is 37.0 Å². The molecule has 0 N–H and O–H groups in total. The van der Waals surface area contributed by atoms with Gasteiger partial charge in [0.05, 0.1) is 7.11 Å². The monoisotopic (exact) mass is 408 g/mol. The highest BCUT2D eigenvalue weighted by atomic mass is 32.1. The Hall–Kier alpha value is -2.70. The molecule has 0 radical (unpaired) electrons. The Morgan fingerprint density at radius 1 is 1.17 bits per heavy atom. The molecule has 1 unspecified atom stereocenters. The van der Waals surface area contributed by atoms with Crippen molar-refractivity contribution in [3.8, 4) is 16.3 Å². The molecule has 1 fully saturated rings. The summed E-state index contributed by atoms with van der Waals surface area (Å²) in [7, 11) is 1.67. The standard InChI is InChI=1S/C23H24N2O3S/c1-27-19-11-7-8-17(14-19)15-25-13-6-5-12-21(25)28-23(26)20-16-29-22(24-20)18-9-3-2-4-10-18/h2-4,7-11,14,16,21H,5-6,12-13,15H2,1H3. The third-order valence-electron chi connectivity index (χ3n) is 5.05. The van der Waals surface area contributed by atoms with Crippen LogP contribution in [0.1, 0.15) is 35.3 Å². The first-order valence-electron chi connectivity index (χ1n) is 9.82. The van der Waals surface area contributed by atoms with Gasteiger partial charge in [0.25, 0.3) is 0 Å². The van der Waals surface area contributed by atoms with Crippen LogP contribution in [0.25, 0.3) is 10.6 Å². The van der Waals surface area contributed by atoms with Crippen LogP contribution >= 0.6 is 11.3 Å². The number of esters is 1. The van der Waals surface area contributed by atoms with Crippen molar-refractivity contribution in [2.75, 3.05) is 13.7 Å². The Bertz CT molecular complexity index is 958. The number of methoxy groups -OCH3 is 1. The van der Waals surface area contributed by atoms with E-state index >= 15 is 0 Å². The van der Waals surface area contributed by atoms with Gasteiger partial charge in [0.15, 0.2) is 11.9 Å². The number of likely N-dealkylation sites (tertiary alicyclic amines) is 1. The fraction of sp³-hybridized carbons (Fsp3) is 0.304. The van der Waals surface area contributed by atoms with Crippen LogP contribution < -0.4 is 4.74 Å². The van der Waals surface area contributed by atoms with Crippen LogP contribution in [0.3, 0.4) is 0 Å². The lowest BCUT2D eigenvalue weighted by Crippen LogP contribution is -2.41. The van der Waals surface area contributed by atoms with Crippen molar-refractivity contribution in [2.24, 2.45) is 0 Å². The number of carbonyl (C=O) groups excluding carboxylic acids is 1. The van der Waals surface area contributed by atoms with Gasteiger partial charge in [0.2, 0.25) is 0 Å². The van der Waals surface area contributed by atoms with Gasteiger partial charge in [-0.3, -0.25) is 4.90 Å². The van der Waals surface area contributed by atoms with Crippen LogP contribution in [0, 0.1) is 0 Å². The number of aromatic nitrogens is 1. The van der Waals surface area contributed by atoms with E-state index in [4.69, 9.17) is 9.47 Å². The molecule has 150 valence electrons. The van der Waals surface area contributed by atoms with Gasteiger partial charge < -0.3 is 9.47 Å². The average molecular weight is 409 g/mol. The van der Waals surface area contributed by atoms with Crippen molar-refractivity contribution in [1.82, 2.24) is 9.88 Å². The molecule has 2 aromatic carbocycles. The van der Waals surface area contributed by atoms with Crippen molar-refractivity contribution in [3.63, 3.8) is 0 Å². The Morgan fingerprint density at radius 2 is 2.03 bits per heavy atom. The summed E-state index contributed by atoms with van der Waals surface area (Å²) in [6, 6.07) is 17.9. The first-order chi connectivity index (χ1) is 14.2. The normalized spacial score (nSPS) is 17.1. The van der Waals surface area contributed by atoms with Crippen molar-refractivity contribution < 1.29 is 14.3 Å². The molecule has 0 amide bonds. The van der Waals surface area contributed by atoms with Crippen molar-refractivity contribution in [1.29, 1.82) is 0 Å². The van der Waals surface area contributed by atoms with Crippen LogP contribution in [0.15, 0.2) is 60.0 Å². The molecule has 0 aliphatic carbocycles. The van der Waals surface area contributed by atoms with E-state index in [1.807, 2.05) is 48.5 Å². The summed E-state index contributed by atoms with van der Waals surface area (Å²) >= 11 is 1.46. The predicted molar refractivity (Wildman–Crippen MR) is 114 cm³/mol. The highest BCUT2D eigenvalue weighted by molar-refractivity contribution is 7.13. The summed E-state index contributed by atoms with van der Waals surface area (Å²) in [6.45, 7) is 1.63. The summed E-state index contributed by atoms with van der Waals surface area (Å²) in [6.07, 6.45) is 2.77. The minimum Gasteiger partial charge on any atom is -0.497 e. The van der Waals surface area contributed by atoms with Gasteiger partial charge in [0, 0.05) is 24.0 Å². The number of rotatable bonds is 6. The zero-order valence-corrected chi connectivity index (χ0v) is 17.2. The second-order valence-corrected chi connectivity index (χ2v) is 7.94. The van der Waals surface area contributed by atoms with Gasteiger partial charge >= 0.3 is 5.97 Å². The highest BCUT2D eigenvalue weighted by Gasteiger charge is 2.27. The Balaban J connectivity index is 1.44. The molecule has 0 bridgehead atoms. The van der Waals surface area contributed by atoms with Crippen LogP contribution in [-0.4, -0.2) is 35.7 Å². The minimum absolute atomic E-state index is 0.232. The van der Waals surface area contributed by atoms with Gasteiger partial charge in [-0.25, -0.2) is 9.78 Å². The zero-order chi connectivity index (χ0) is 20.1. The fourth-order valence-corrected chi connectivity index (χ4v) is 4.34. The second-order valence-electron chi connectivity index (χ2n) is 7.08. The van der Waals surface area contributed by atoms with Crippen LogP contribution in [0.5, 0.6) is 5.75 Å². The lowest BCUT2D eigenvalue weighted by Gasteiger charge is -2.34. The van der Waals surface area contributed by atoms with Crippen LogP contribution in [-0.2, 0) is 11.3 Å². The number of thiazole rings is 1. The highest BCUT2D eigenvalue weighted by Crippen LogP contribution is 2.26. The lowest BCUT2D eigenvalue weighted by molar-refractivity contribution is -0.0547. The van der Waals surface area contributed by atoms with E-state index in [9.17, 15) is 4.79 Å². The Morgan fingerprint density at radius 3 is 2.86 bits per heavy atom. The van der Waals surface area contributed by atoms with Gasteiger partial charge in [-0.2, -0.15) is 0 Å². The summed E-state index contributed by atoms with van der Waals surface area (Å²) in [5.41, 5.74) is 2.53. The van der Waals surface area contributed by atoms with Crippen molar-refractivity contribution >= 4 is 17.3 Å². The summed E-state index contributed by atoms with van der Waals surface area (Å²) in [5, 5.41) is 2.61. The maximum absolute atomic E-state index is 12.7. The van der Waals surface area contributed by atoms with E-state index in [0.717, 1.165) is 54.2 Å². The van der Waals surface area contributed by atoms with Crippen molar-refractivity contribution in [3.05, 3.63) is 71.2 Å². The van der Waals surface area contributed by atoms with Gasteiger partial charge in [-0.1, -0.05) is 42.5 Å². The number of ether oxygens (including phenoxy) is 2. The van der Waals surface area contributed by atoms with Gasteiger partial charge in [-0.15, -0.1) is 11.3 Å². The Kier molecular flexibility index (Phi) is 6.22. The third kappa shape index (κ3) is 4.83. The topological polar surface area (TPSA) is 51.7 Å². The zero-order valence-electron chi connectivity index (χ0n) is 16.4. The molecule has 2 heterocycles. The average Bonchev–Trinajstić information content (AvgIpc) is 3.26. The molecule has 1 atom stereocenters. The second kappa shape index (κ2) is 9.20. The molecule has 0 saturated carbocycles. The molecule has 1 saturated heterocycles. The van der Waals surface area contributed by atoms with E-state index in [2.05, 4.69) is 16.0 Å². The molecular weight excluding hydrogens is 384 g/mol. The molecule has 29 heavy (non-hydrogen) atoms. The number of nitrogens with zero attached hydrogens (tertiary/aromatic N) is 2. The van der Waals surface area contributed by atoms with E-state index in [0.29, 0.717) is 5.69 Å². The summed E-state index contributed by atoms with van der Waals surface area (Å²) < 4.78 is 11.2. The molecule has 1 aliphatic heterocycles. The van der Waals surface area contributed by atoms with E-state index < -0.39 is 0 Å². The van der Waals surface area contributed by atoms with E-state index in [1.54, 1.807) is 12.5 Å². The fourth-order valence-electron chi connectivity index (χ4n) is 3.54. The van der Waals surface area contributed by atoms with Crippen molar-refractivity contribution in [2.45, 2.75) is 32.0 Å². The molecule has 3 aromatic rings. The quantitative estimate of drug-likeness (QED) is 0.538. The lowest BCUT2D eigenvalue weighted by atomic mass is 10.1. The molecule has 0 spiro atoms. The van der Waals surface area contributed by atoms with Crippen LogP contribution in [0.4, 0.5) is 0 Å². The number of benzene rings is 2. The third-order valence-corrected chi connectivity index (χ3v) is 5.94. The van der Waals surface area contributed by atoms with Crippen LogP contribution in [0.2, 0.25) is 0 Å².